The van der Waals surface area contributed by atoms with Crippen molar-refractivity contribution >= 4 is 31.9 Å². The maximum Gasteiger partial charge on any atom is 0.421 e. The summed E-state index contributed by atoms with van der Waals surface area (Å²) >= 11 is 6.18. The van der Waals surface area contributed by atoms with Gasteiger partial charge >= 0.3 is 6.18 Å². The van der Waals surface area contributed by atoms with E-state index in [0.717, 1.165) is 6.07 Å². The largest absolute Gasteiger partial charge is 0.497 e. The van der Waals surface area contributed by atoms with Gasteiger partial charge in [0.15, 0.2) is 0 Å². The molecule has 0 saturated heterocycles. The Balaban J connectivity index is 2.40. The Hall–Kier alpha value is -1.28. The van der Waals surface area contributed by atoms with E-state index in [1.165, 1.54) is 19.4 Å². The molecule has 0 atom stereocenters. The lowest BCUT2D eigenvalue weighted by molar-refractivity contribution is -0.138. The molecule has 8 heteroatoms. The smallest absolute Gasteiger partial charge is 0.421 e. The van der Waals surface area contributed by atoms with E-state index >= 15 is 0 Å². The first-order chi connectivity index (χ1) is 9.81. The Labute approximate surface area is 135 Å². The van der Waals surface area contributed by atoms with Gasteiger partial charge in [0.2, 0.25) is 5.88 Å². The average molecular weight is 427 g/mol. The molecule has 1 aromatic heterocycles. The van der Waals surface area contributed by atoms with Gasteiger partial charge in [0.25, 0.3) is 0 Å². The zero-order chi connectivity index (χ0) is 15.6. The zero-order valence-corrected chi connectivity index (χ0v) is 13.7. The minimum Gasteiger partial charge on any atom is -0.497 e. The maximum atomic E-state index is 13.0. The van der Waals surface area contributed by atoms with Gasteiger partial charge in [-0.15, -0.1) is 0 Å². The van der Waals surface area contributed by atoms with Crippen molar-refractivity contribution < 1.29 is 22.6 Å². The lowest BCUT2D eigenvalue weighted by atomic mass is 10.2. The van der Waals surface area contributed by atoms with Crippen molar-refractivity contribution in [3.05, 3.63) is 45.0 Å². The Morgan fingerprint density at radius 2 is 1.86 bits per heavy atom. The summed E-state index contributed by atoms with van der Waals surface area (Å²) in [5.41, 5.74) is -0.959. The number of nitrogens with zero attached hydrogens (tertiary/aromatic N) is 1. The molecule has 21 heavy (non-hydrogen) atoms. The first-order valence-corrected chi connectivity index (χ1v) is 7.14. The summed E-state index contributed by atoms with van der Waals surface area (Å²) in [7, 11) is 1.49. The van der Waals surface area contributed by atoms with Crippen LogP contribution in [0.1, 0.15) is 5.56 Å². The van der Waals surface area contributed by atoms with Crippen LogP contribution >= 0.6 is 31.9 Å². The van der Waals surface area contributed by atoms with E-state index in [1.54, 1.807) is 12.1 Å². The molecular weight excluding hydrogens is 419 g/mol. The highest BCUT2D eigenvalue weighted by molar-refractivity contribution is 9.10. The van der Waals surface area contributed by atoms with Crippen LogP contribution in [0.25, 0.3) is 0 Å². The van der Waals surface area contributed by atoms with Gasteiger partial charge in [-0.2, -0.15) is 13.2 Å². The van der Waals surface area contributed by atoms with Crippen molar-refractivity contribution in [3.63, 3.8) is 0 Å². The Morgan fingerprint density at radius 3 is 2.43 bits per heavy atom. The maximum absolute atomic E-state index is 13.0. The van der Waals surface area contributed by atoms with Crippen molar-refractivity contribution in [2.24, 2.45) is 0 Å². The molecule has 0 spiro atoms. The number of ether oxygens (including phenoxy) is 2. The summed E-state index contributed by atoms with van der Waals surface area (Å²) in [6.07, 6.45) is -3.33. The average Bonchev–Trinajstić information content (AvgIpc) is 2.41. The molecule has 0 N–H and O–H groups in total. The van der Waals surface area contributed by atoms with Crippen LogP contribution in [0.5, 0.6) is 17.4 Å². The van der Waals surface area contributed by atoms with Crippen LogP contribution in [0.3, 0.4) is 0 Å². The highest BCUT2D eigenvalue weighted by atomic mass is 79.9. The van der Waals surface area contributed by atoms with Crippen molar-refractivity contribution in [2.45, 2.75) is 6.18 Å². The van der Waals surface area contributed by atoms with Crippen molar-refractivity contribution in [2.75, 3.05) is 7.11 Å². The van der Waals surface area contributed by atoms with Crippen LogP contribution in [-0.4, -0.2) is 12.1 Å². The Kier molecular flexibility index (Phi) is 4.77. The molecule has 0 radical (unpaired) electrons. The normalized spacial score (nSPS) is 11.3. The summed E-state index contributed by atoms with van der Waals surface area (Å²) in [6, 6.07) is 5.57. The molecule has 1 aromatic carbocycles. The molecule has 0 aliphatic heterocycles. The molecule has 0 amide bonds. The van der Waals surface area contributed by atoms with Crippen LogP contribution in [-0.2, 0) is 6.18 Å². The number of halogens is 5. The van der Waals surface area contributed by atoms with Gasteiger partial charge in [0, 0.05) is 10.7 Å². The standard InChI is InChI=1S/C13H8Br2F3NO2/c1-20-8-2-3-11(10(15)5-8)21-12-9(13(16,17)18)4-7(14)6-19-12/h2-6H,1H3. The van der Waals surface area contributed by atoms with E-state index in [1.807, 2.05) is 0 Å². The van der Waals surface area contributed by atoms with Gasteiger partial charge in [-0.05, 0) is 56.1 Å². The molecule has 3 nitrogen and oxygen atoms in total. The predicted molar refractivity (Wildman–Crippen MR) is 77.7 cm³/mol. The first-order valence-electron chi connectivity index (χ1n) is 5.55. The van der Waals surface area contributed by atoms with Crippen LogP contribution in [0.4, 0.5) is 13.2 Å². The first kappa shape index (κ1) is 16.1. The lowest BCUT2D eigenvalue weighted by Crippen LogP contribution is -2.08. The van der Waals surface area contributed by atoms with Crippen LogP contribution in [0.15, 0.2) is 39.4 Å². The van der Waals surface area contributed by atoms with Crippen molar-refractivity contribution in [3.8, 4) is 17.4 Å². The predicted octanol–water partition coefficient (Wildman–Crippen LogP) is 5.43. The summed E-state index contributed by atoms with van der Waals surface area (Å²) in [5, 5.41) is 0. The number of hydrogen-bond donors (Lipinski definition) is 0. The third-order valence-electron chi connectivity index (χ3n) is 2.47. The molecule has 0 aliphatic carbocycles. The summed E-state index contributed by atoms with van der Waals surface area (Å²) in [6.45, 7) is 0. The topological polar surface area (TPSA) is 31.4 Å². The van der Waals surface area contributed by atoms with Crippen molar-refractivity contribution in [1.82, 2.24) is 4.98 Å². The van der Waals surface area contributed by atoms with E-state index in [4.69, 9.17) is 9.47 Å². The molecule has 0 aliphatic rings. The van der Waals surface area contributed by atoms with Crippen LogP contribution in [0.2, 0.25) is 0 Å². The molecule has 0 fully saturated rings. The van der Waals surface area contributed by atoms with Crippen LogP contribution < -0.4 is 9.47 Å². The highest BCUT2D eigenvalue weighted by Crippen LogP contribution is 2.40. The Morgan fingerprint density at radius 1 is 1.14 bits per heavy atom. The van der Waals surface area contributed by atoms with Gasteiger partial charge in [-0.3, -0.25) is 0 Å². The second-order valence-electron chi connectivity index (χ2n) is 3.90. The lowest BCUT2D eigenvalue weighted by Gasteiger charge is -2.14. The SMILES string of the molecule is COc1ccc(Oc2ncc(Br)cc2C(F)(F)F)c(Br)c1. The van der Waals surface area contributed by atoms with E-state index in [9.17, 15) is 13.2 Å². The number of aromatic nitrogens is 1. The van der Waals surface area contributed by atoms with Gasteiger partial charge < -0.3 is 9.47 Å². The molecule has 1 heterocycles. The van der Waals surface area contributed by atoms with Gasteiger partial charge in [0.1, 0.15) is 17.1 Å². The minimum atomic E-state index is -4.56. The quantitative estimate of drug-likeness (QED) is 0.656. The summed E-state index contributed by atoms with van der Waals surface area (Å²) in [5.74, 6) is 0.238. The van der Waals surface area contributed by atoms with Crippen molar-refractivity contribution in [1.29, 1.82) is 0 Å². The third kappa shape index (κ3) is 3.88. The molecule has 2 aromatic rings. The number of methoxy groups -OCH3 is 1. The molecule has 2 rings (SSSR count). The summed E-state index contributed by atoms with van der Waals surface area (Å²) in [4.78, 5) is 3.68. The molecule has 0 bridgehead atoms. The van der Waals surface area contributed by atoms with Gasteiger partial charge in [-0.25, -0.2) is 4.98 Å². The second-order valence-corrected chi connectivity index (χ2v) is 5.67. The number of benzene rings is 1. The number of pyridine rings is 1. The Bertz CT molecular complexity index is 662. The monoisotopic (exact) mass is 425 g/mol. The minimum absolute atomic E-state index is 0.205. The third-order valence-corrected chi connectivity index (χ3v) is 3.52. The number of rotatable bonds is 3. The second kappa shape index (κ2) is 6.23. The van der Waals surface area contributed by atoms with Gasteiger partial charge in [-0.1, -0.05) is 0 Å². The van der Waals surface area contributed by atoms with Crippen LogP contribution in [0, 0.1) is 0 Å². The summed E-state index contributed by atoms with van der Waals surface area (Å²) < 4.78 is 49.9. The zero-order valence-electron chi connectivity index (χ0n) is 10.5. The molecule has 0 unspecified atom stereocenters. The molecular formula is C13H8Br2F3NO2. The number of alkyl halides is 3. The van der Waals surface area contributed by atoms with E-state index in [0.29, 0.717) is 10.2 Å². The van der Waals surface area contributed by atoms with E-state index < -0.39 is 17.6 Å². The van der Waals surface area contributed by atoms with E-state index in [2.05, 4.69) is 36.8 Å². The highest BCUT2D eigenvalue weighted by Gasteiger charge is 2.36. The molecule has 112 valence electrons. The number of hydrogen-bond acceptors (Lipinski definition) is 3. The fraction of sp³-hybridized carbons (Fsp3) is 0.154. The fourth-order valence-electron chi connectivity index (χ4n) is 1.51. The molecule has 0 saturated carbocycles. The fourth-order valence-corrected chi connectivity index (χ4v) is 2.28. The van der Waals surface area contributed by atoms with Gasteiger partial charge in [0.05, 0.1) is 11.6 Å². The van der Waals surface area contributed by atoms with E-state index in [-0.39, 0.29) is 10.2 Å².